The summed E-state index contributed by atoms with van der Waals surface area (Å²) in [6.45, 7) is 1.71. The lowest BCUT2D eigenvalue weighted by atomic mass is 10.1. The molecule has 0 aliphatic rings. The van der Waals surface area contributed by atoms with Gasteiger partial charge >= 0.3 is 11.9 Å². The van der Waals surface area contributed by atoms with Crippen molar-refractivity contribution < 1.29 is 25.5 Å². The summed E-state index contributed by atoms with van der Waals surface area (Å²) in [4.78, 5) is 21.8. The van der Waals surface area contributed by atoms with Crippen LogP contribution in [0.4, 0.5) is 0 Å². The molecule has 0 aliphatic carbocycles. The molecule has 0 bridgehead atoms. The summed E-state index contributed by atoms with van der Waals surface area (Å²) >= 11 is 1.19. The maximum absolute atomic E-state index is 10.4. The highest BCUT2D eigenvalue weighted by molar-refractivity contribution is 7.12. The fraction of sp³-hybridized carbons (Fsp3) is 0.154. The van der Waals surface area contributed by atoms with E-state index >= 15 is 0 Å². The zero-order valence-electron chi connectivity index (χ0n) is 9.77. The summed E-state index contributed by atoms with van der Waals surface area (Å²) in [7, 11) is 0. The van der Waals surface area contributed by atoms with Crippen molar-refractivity contribution >= 4 is 23.3 Å². The van der Waals surface area contributed by atoms with Gasteiger partial charge in [0.15, 0.2) is 0 Å². The van der Waals surface area contributed by atoms with Gasteiger partial charge in [-0.1, -0.05) is 5.92 Å². The van der Waals surface area contributed by atoms with Gasteiger partial charge < -0.3 is 10.2 Å². The minimum Gasteiger partial charge on any atom is -0.472 e. The molecule has 0 unspecified atom stereocenters. The van der Waals surface area contributed by atoms with E-state index in [4.69, 9.17) is 15.5 Å². The Morgan fingerprint density at radius 3 is 2.47 bits per heavy atom. The van der Waals surface area contributed by atoms with Crippen LogP contribution in [0.3, 0.4) is 0 Å². The number of nitrogens with zero attached hydrogens (tertiary/aromatic N) is 1. The quantitative estimate of drug-likeness (QED) is 0.767. The molecule has 1 aromatic rings. The van der Waals surface area contributed by atoms with Crippen molar-refractivity contribution in [3.63, 3.8) is 0 Å². The van der Waals surface area contributed by atoms with E-state index in [-0.39, 0.29) is 12.1 Å². The van der Waals surface area contributed by atoms with Gasteiger partial charge in [0.05, 0.1) is 10.4 Å². The molecule has 1 rings (SSSR count). The van der Waals surface area contributed by atoms with E-state index in [2.05, 4.69) is 11.8 Å². The largest absolute Gasteiger partial charge is 0.472 e. The first kappa shape index (κ1) is 14.3. The number of aliphatic carboxylic acids is 2. The van der Waals surface area contributed by atoms with Gasteiger partial charge in [-0.05, 0) is 12.8 Å². The molecule has 0 radical (unpaired) electrons. The van der Waals surface area contributed by atoms with Crippen LogP contribution in [0, 0.1) is 41.9 Å². The van der Waals surface area contributed by atoms with E-state index in [0.29, 0.717) is 20.9 Å². The topological polar surface area (TPSA) is 98.4 Å². The van der Waals surface area contributed by atoms with Crippen LogP contribution in [-0.4, -0.2) is 22.2 Å². The summed E-state index contributed by atoms with van der Waals surface area (Å²) in [5, 5.41) is 26.0. The summed E-state index contributed by atoms with van der Waals surface area (Å²) < 4.78 is 0. The fourth-order valence-electron chi connectivity index (χ4n) is 1.33. The molecule has 19 heavy (non-hydrogen) atoms. The molecule has 0 aromatic carbocycles. The number of nitriles is 1. The van der Waals surface area contributed by atoms with Gasteiger partial charge in [-0.25, -0.2) is 9.59 Å². The molecule has 0 aliphatic heterocycles. The Morgan fingerprint density at radius 2 is 1.95 bits per heavy atom. The van der Waals surface area contributed by atoms with E-state index in [1.54, 1.807) is 6.92 Å². The van der Waals surface area contributed by atoms with E-state index < -0.39 is 11.9 Å². The lowest BCUT2D eigenvalue weighted by molar-refractivity contribution is -0.131. The van der Waals surface area contributed by atoms with Gasteiger partial charge in [0.1, 0.15) is 6.07 Å². The number of thiophene rings is 1. The monoisotopic (exact) mass is 281 g/mol. The number of carbonyl (C=O) groups is 2. The molecule has 102 valence electrons. The molecule has 1 aromatic heterocycles. The first-order valence-electron chi connectivity index (χ1n) is 4.94. The third kappa shape index (κ3) is 3.89. The van der Waals surface area contributed by atoms with Crippen LogP contribution in [-0.2, 0) is 16.0 Å². The molecule has 0 saturated carbocycles. The number of hydrogen-bond acceptors (Lipinski definition) is 4. The Hall–Kier alpha value is -2.75. The second kappa shape index (κ2) is 6.26. The Morgan fingerprint density at radius 1 is 1.32 bits per heavy atom. The molecule has 6 heteroatoms. The molecular weight excluding hydrogens is 266 g/mol. The van der Waals surface area contributed by atoms with Gasteiger partial charge in [-0.3, -0.25) is 0 Å². The second-order valence-corrected chi connectivity index (χ2v) is 4.52. The Balaban J connectivity index is -0.000000451. The van der Waals surface area contributed by atoms with Crippen molar-refractivity contribution in [3.8, 4) is 29.8 Å². The Bertz CT molecular complexity index is 717. The van der Waals surface area contributed by atoms with Gasteiger partial charge in [0.25, 0.3) is 0 Å². The maximum Gasteiger partial charge on any atom is 0.382 e. The highest BCUT2D eigenvalue weighted by Gasteiger charge is 2.13. The third-order valence-electron chi connectivity index (χ3n) is 2.04. The highest BCUT2D eigenvalue weighted by Crippen LogP contribution is 2.27. The van der Waals surface area contributed by atoms with Gasteiger partial charge in [0, 0.05) is 34.4 Å². The van der Waals surface area contributed by atoms with Crippen LogP contribution >= 0.6 is 11.3 Å². The summed E-state index contributed by atoms with van der Waals surface area (Å²) in [6, 6.07) is 1.99. The molecule has 1 heterocycles. The van der Waals surface area contributed by atoms with Crippen molar-refractivity contribution in [2.45, 2.75) is 13.3 Å². The third-order valence-corrected chi connectivity index (χ3v) is 3.10. The van der Waals surface area contributed by atoms with Gasteiger partial charge in [0.2, 0.25) is 0 Å². The predicted molar refractivity (Wildman–Crippen MR) is 75.9 cm³/mol. The van der Waals surface area contributed by atoms with Crippen molar-refractivity contribution in [1.82, 2.24) is 0 Å². The Kier molecular flexibility index (Phi) is 4.71. The predicted octanol–water partition coefficient (Wildman–Crippen LogP) is 1.98. The maximum atomic E-state index is 10.4. The number of aryl methyl sites for hydroxylation is 1. The zero-order chi connectivity index (χ0) is 14.4. The zero-order valence-corrected chi connectivity index (χ0v) is 10.6. The van der Waals surface area contributed by atoms with Crippen molar-refractivity contribution in [3.05, 3.63) is 20.9 Å². The first-order valence-corrected chi connectivity index (χ1v) is 5.76. The first-order chi connectivity index (χ1) is 8.95. The average molecular weight is 281 g/mol. The van der Waals surface area contributed by atoms with E-state index in [0.717, 1.165) is 0 Å². The molecule has 2 N–H and O–H groups in total. The van der Waals surface area contributed by atoms with Crippen LogP contribution < -0.4 is 0 Å². The average Bonchev–Trinajstić information content (AvgIpc) is 2.62. The van der Waals surface area contributed by atoms with Crippen molar-refractivity contribution in [1.29, 1.82) is 5.26 Å². The second-order valence-electron chi connectivity index (χ2n) is 3.29. The highest BCUT2D eigenvalue weighted by atomic mass is 32.1. The normalized spacial score (nSPS) is 8.42. The van der Waals surface area contributed by atoms with E-state index in [1.165, 1.54) is 11.3 Å². The van der Waals surface area contributed by atoms with E-state index in [1.807, 2.05) is 17.9 Å². The van der Waals surface area contributed by atoms with E-state index in [9.17, 15) is 9.59 Å². The van der Waals surface area contributed by atoms with Crippen LogP contribution in [0.1, 0.15) is 26.6 Å². The van der Waals surface area contributed by atoms with Crippen molar-refractivity contribution in [2.24, 2.45) is 0 Å². The minimum atomic E-state index is -1.27. The molecule has 0 atom stereocenters. The number of carboxylic acids is 2. The van der Waals surface area contributed by atoms with Crippen LogP contribution in [0.5, 0.6) is 0 Å². The smallest absolute Gasteiger partial charge is 0.382 e. The SMILES string of the molecule is Cc1sc(C#CC(=O)O)c(CC#CC(=O)O)c1C#N.[HH].[HH].[HH].[HH]. The molecule has 0 spiro atoms. The molecule has 0 fully saturated rings. The minimum absolute atomic E-state index is 0. The number of hydrogen-bond donors (Lipinski definition) is 2. The molecule has 0 saturated heterocycles. The van der Waals surface area contributed by atoms with Crippen LogP contribution in [0.2, 0.25) is 0 Å². The number of rotatable bonds is 1. The summed E-state index contributed by atoms with van der Waals surface area (Å²) in [5.41, 5.74) is 0.854. The molecule has 5 nitrogen and oxygen atoms in total. The summed E-state index contributed by atoms with van der Waals surface area (Å²) in [5.74, 6) is 6.24. The van der Waals surface area contributed by atoms with Crippen LogP contribution in [0.15, 0.2) is 0 Å². The standard InChI is InChI=1S/C13H7NO4S.4H2/c1-8-10(7-14)9(3-2-4-12(15)16)11(19-8)5-6-13(17)18;;;;/h3H2,1H3,(H,15,16)(H,17,18);4*1H. The van der Waals surface area contributed by atoms with Crippen LogP contribution in [0.25, 0.3) is 0 Å². The lowest BCUT2D eigenvalue weighted by Crippen LogP contribution is -1.92. The Labute approximate surface area is 119 Å². The molecule has 0 amide bonds. The van der Waals surface area contributed by atoms with Gasteiger partial charge in [-0.15, -0.1) is 11.3 Å². The molecular formula is C13H15NO4S. The van der Waals surface area contributed by atoms with Gasteiger partial charge in [-0.2, -0.15) is 5.26 Å². The lowest BCUT2D eigenvalue weighted by Gasteiger charge is -1.92. The summed E-state index contributed by atoms with van der Waals surface area (Å²) in [6.07, 6.45) is 0.0448. The fourth-order valence-corrected chi connectivity index (χ4v) is 2.30. The number of carboxylic acid groups (broad SMARTS) is 2. The van der Waals surface area contributed by atoms with Crippen molar-refractivity contribution in [2.75, 3.05) is 0 Å².